The molecule has 0 heterocycles. The van der Waals surface area contributed by atoms with E-state index in [1.54, 1.807) is 11.8 Å². The Bertz CT molecular complexity index is 461. The van der Waals surface area contributed by atoms with Gasteiger partial charge in [-0.15, -0.1) is 0 Å². The first kappa shape index (κ1) is 15.6. The molecule has 112 valence electrons. The van der Waals surface area contributed by atoms with E-state index in [4.69, 9.17) is 0 Å². The minimum Gasteiger partial charge on any atom is -0.309 e. The lowest BCUT2D eigenvalue weighted by atomic mass is 10.1. The Morgan fingerprint density at radius 1 is 1.25 bits per heavy atom. The van der Waals surface area contributed by atoms with Crippen molar-refractivity contribution in [2.75, 3.05) is 6.26 Å². The van der Waals surface area contributed by atoms with E-state index >= 15 is 0 Å². The summed E-state index contributed by atoms with van der Waals surface area (Å²) in [5, 5.41) is 3.74. The minimum absolute atomic E-state index is 0.266. The Labute approximate surface area is 120 Å². The Morgan fingerprint density at radius 3 is 2.65 bits per heavy atom. The van der Waals surface area contributed by atoms with Gasteiger partial charge < -0.3 is 5.32 Å². The summed E-state index contributed by atoms with van der Waals surface area (Å²) in [7, 11) is 0. The van der Waals surface area contributed by atoms with Gasteiger partial charge in [-0.1, -0.05) is 6.42 Å². The van der Waals surface area contributed by atoms with Gasteiger partial charge in [0.15, 0.2) is 0 Å². The van der Waals surface area contributed by atoms with Gasteiger partial charge in [-0.2, -0.15) is 24.9 Å². The van der Waals surface area contributed by atoms with Gasteiger partial charge in [-0.25, -0.2) is 4.39 Å². The topological polar surface area (TPSA) is 12.0 Å². The van der Waals surface area contributed by atoms with Crippen molar-refractivity contribution in [2.45, 2.75) is 43.3 Å². The van der Waals surface area contributed by atoms with Crippen LogP contribution in [0.5, 0.6) is 0 Å². The van der Waals surface area contributed by atoms with Crippen LogP contribution in [0.15, 0.2) is 18.2 Å². The molecule has 1 aliphatic rings. The minimum atomic E-state index is -4.51. The number of hydrogen-bond acceptors (Lipinski definition) is 2. The van der Waals surface area contributed by atoms with E-state index in [0.717, 1.165) is 31.4 Å². The summed E-state index contributed by atoms with van der Waals surface area (Å²) in [6.45, 7) is 0.266. The molecule has 0 radical (unpaired) electrons. The van der Waals surface area contributed by atoms with Crippen LogP contribution >= 0.6 is 11.8 Å². The lowest BCUT2D eigenvalue weighted by Gasteiger charge is -2.19. The van der Waals surface area contributed by atoms with Gasteiger partial charge in [0.1, 0.15) is 5.82 Å². The van der Waals surface area contributed by atoms with Gasteiger partial charge in [0, 0.05) is 17.8 Å². The van der Waals surface area contributed by atoms with Gasteiger partial charge in [-0.05, 0) is 42.9 Å². The molecule has 1 saturated carbocycles. The summed E-state index contributed by atoms with van der Waals surface area (Å²) in [4.78, 5) is 0. The molecule has 0 aromatic heterocycles. The molecule has 0 saturated heterocycles. The Kier molecular flexibility index (Phi) is 4.96. The fourth-order valence-corrected chi connectivity index (χ4v) is 3.57. The zero-order chi connectivity index (χ0) is 14.8. The normalized spacial score (nSPS) is 23.2. The highest BCUT2D eigenvalue weighted by Gasteiger charge is 2.31. The van der Waals surface area contributed by atoms with E-state index in [1.807, 2.05) is 6.26 Å². The largest absolute Gasteiger partial charge is 0.416 e. The predicted molar refractivity (Wildman–Crippen MR) is 73.2 cm³/mol. The van der Waals surface area contributed by atoms with Crippen molar-refractivity contribution >= 4 is 11.8 Å². The molecule has 1 aromatic rings. The number of hydrogen-bond donors (Lipinski definition) is 1. The second-order valence-electron chi connectivity index (χ2n) is 5.04. The highest BCUT2D eigenvalue weighted by atomic mass is 32.2. The Hall–Kier alpha value is -0.750. The number of benzene rings is 1. The summed E-state index contributed by atoms with van der Waals surface area (Å²) >= 11 is 1.77. The lowest BCUT2D eigenvalue weighted by Crippen LogP contribution is -2.33. The standard InChI is InChI=1S/C14H17F4NS/c1-20-13-4-2-3-12(13)19-8-9-5-10(14(16,17)18)7-11(15)6-9/h5-7,12-13,19H,2-4,8H2,1H3. The summed E-state index contributed by atoms with van der Waals surface area (Å²) in [6, 6.07) is 3.00. The van der Waals surface area contributed by atoms with Crippen LogP contribution in [0.1, 0.15) is 30.4 Å². The average Bonchev–Trinajstić information content (AvgIpc) is 2.82. The molecule has 1 aliphatic carbocycles. The van der Waals surface area contributed by atoms with Crippen LogP contribution in [0.25, 0.3) is 0 Å². The maximum absolute atomic E-state index is 13.3. The smallest absolute Gasteiger partial charge is 0.309 e. The van der Waals surface area contributed by atoms with Crippen LogP contribution in [0.3, 0.4) is 0 Å². The van der Waals surface area contributed by atoms with Crippen LogP contribution in [-0.2, 0) is 12.7 Å². The van der Waals surface area contributed by atoms with Crippen LogP contribution < -0.4 is 5.32 Å². The molecule has 1 nitrogen and oxygen atoms in total. The van der Waals surface area contributed by atoms with Gasteiger partial charge in [-0.3, -0.25) is 0 Å². The van der Waals surface area contributed by atoms with Gasteiger partial charge in [0.25, 0.3) is 0 Å². The predicted octanol–water partition coefficient (Wildman–Crippen LogP) is 4.22. The van der Waals surface area contributed by atoms with E-state index in [0.29, 0.717) is 22.9 Å². The third-order valence-corrected chi connectivity index (χ3v) is 4.78. The SMILES string of the molecule is CSC1CCCC1NCc1cc(F)cc(C(F)(F)F)c1. The average molecular weight is 307 g/mol. The van der Waals surface area contributed by atoms with Gasteiger partial charge in [0.05, 0.1) is 5.56 Å². The molecular formula is C14H17F4NS. The third-order valence-electron chi connectivity index (χ3n) is 3.61. The van der Waals surface area contributed by atoms with Crippen molar-refractivity contribution in [3.63, 3.8) is 0 Å². The van der Waals surface area contributed by atoms with Crippen molar-refractivity contribution in [3.8, 4) is 0 Å². The van der Waals surface area contributed by atoms with Gasteiger partial charge >= 0.3 is 6.18 Å². The molecular weight excluding hydrogens is 290 g/mol. The van der Waals surface area contributed by atoms with Crippen LogP contribution in [0, 0.1) is 5.82 Å². The third kappa shape index (κ3) is 3.88. The molecule has 2 unspecified atom stereocenters. The van der Waals surface area contributed by atoms with Crippen molar-refractivity contribution in [1.29, 1.82) is 0 Å². The molecule has 1 fully saturated rings. The van der Waals surface area contributed by atoms with Crippen LogP contribution in [0.4, 0.5) is 17.6 Å². The molecule has 0 aliphatic heterocycles. The van der Waals surface area contributed by atoms with Crippen molar-refractivity contribution in [2.24, 2.45) is 0 Å². The number of thioether (sulfide) groups is 1. The molecule has 1 N–H and O–H groups in total. The number of rotatable bonds is 4. The first-order valence-electron chi connectivity index (χ1n) is 6.53. The maximum Gasteiger partial charge on any atom is 0.416 e. The van der Waals surface area contributed by atoms with Crippen molar-refractivity contribution in [3.05, 3.63) is 35.1 Å². The second kappa shape index (κ2) is 6.35. The molecule has 1 aromatic carbocycles. The van der Waals surface area contributed by atoms with E-state index in [9.17, 15) is 17.6 Å². The Morgan fingerprint density at radius 2 is 2.00 bits per heavy atom. The molecule has 2 atom stereocenters. The summed E-state index contributed by atoms with van der Waals surface area (Å²) in [5.74, 6) is -0.843. The molecule has 0 amide bonds. The second-order valence-corrected chi connectivity index (χ2v) is 6.12. The summed E-state index contributed by atoms with van der Waals surface area (Å²) in [5.41, 5.74) is -0.591. The number of halogens is 4. The molecule has 6 heteroatoms. The van der Waals surface area contributed by atoms with Crippen LogP contribution in [-0.4, -0.2) is 17.5 Å². The zero-order valence-corrected chi connectivity index (χ0v) is 12.0. The first-order chi connectivity index (χ1) is 9.40. The molecule has 0 bridgehead atoms. The molecule has 20 heavy (non-hydrogen) atoms. The van der Waals surface area contributed by atoms with Crippen LogP contribution in [0.2, 0.25) is 0 Å². The van der Waals surface area contributed by atoms with Crippen molar-refractivity contribution in [1.82, 2.24) is 5.32 Å². The summed E-state index contributed by atoms with van der Waals surface area (Å²) < 4.78 is 51.1. The zero-order valence-electron chi connectivity index (χ0n) is 11.1. The van der Waals surface area contributed by atoms with E-state index in [2.05, 4.69) is 5.32 Å². The fraction of sp³-hybridized carbons (Fsp3) is 0.571. The van der Waals surface area contributed by atoms with Crippen molar-refractivity contribution < 1.29 is 17.6 Å². The number of nitrogens with one attached hydrogen (secondary N) is 1. The number of alkyl halides is 3. The van der Waals surface area contributed by atoms with E-state index in [1.165, 1.54) is 0 Å². The first-order valence-corrected chi connectivity index (χ1v) is 7.82. The molecule has 0 spiro atoms. The van der Waals surface area contributed by atoms with E-state index in [-0.39, 0.29) is 6.54 Å². The fourth-order valence-electron chi connectivity index (χ4n) is 2.61. The quantitative estimate of drug-likeness (QED) is 0.836. The Balaban J connectivity index is 2.04. The highest BCUT2D eigenvalue weighted by Crippen LogP contribution is 2.31. The van der Waals surface area contributed by atoms with Gasteiger partial charge in [0.2, 0.25) is 0 Å². The maximum atomic E-state index is 13.3. The highest BCUT2D eigenvalue weighted by molar-refractivity contribution is 7.99. The molecule has 2 rings (SSSR count). The monoisotopic (exact) mass is 307 g/mol. The van der Waals surface area contributed by atoms with E-state index < -0.39 is 17.6 Å². The summed E-state index contributed by atoms with van der Waals surface area (Å²) in [6.07, 6.45) is 0.795. The lowest BCUT2D eigenvalue weighted by molar-refractivity contribution is -0.137.